The lowest BCUT2D eigenvalue weighted by Crippen LogP contribution is -2.19. The summed E-state index contributed by atoms with van der Waals surface area (Å²) in [5, 5.41) is 0. The van der Waals surface area contributed by atoms with Crippen molar-refractivity contribution in [1.29, 1.82) is 0 Å². The van der Waals surface area contributed by atoms with Gasteiger partial charge in [-0.2, -0.15) is 0 Å². The van der Waals surface area contributed by atoms with Crippen molar-refractivity contribution in [3.05, 3.63) is 35.4 Å². The van der Waals surface area contributed by atoms with Gasteiger partial charge in [0.2, 0.25) is 0 Å². The van der Waals surface area contributed by atoms with Crippen LogP contribution in [0.5, 0.6) is 0 Å². The molecule has 0 radical (unpaired) electrons. The van der Waals surface area contributed by atoms with Crippen molar-refractivity contribution in [1.82, 2.24) is 0 Å². The van der Waals surface area contributed by atoms with Gasteiger partial charge in [-0.25, -0.2) is 0 Å². The standard InChI is InChI=1S/C17H25BrO2/c1-19-13-11-14-5-7-15(8-6-14)17(18)10-9-16-4-2-3-12-20-16/h5-8,16-17H,2-4,9-13H2,1H3. The van der Waals surface area contributed by atoms with Gasteiger partial charge in [0, 0.05) is 18.5 Å². The molecule has 1 fully saturated rings. The Labute approximate surface area is 131 Å². The molecule has 0 bridgehead atoms. The fourth-order valence-electron chi connectivity index (χ4n) is 2.65. The number of hydrogen-bond acceptors (Lipinski definition) is 2. The molecule has 2 unspecified atom stereocenters. The molecule has 1 saturated heterocycles. The average Bonchev–Trinajstić information content (AvgIpc) is 2.52. The summed E-state index contributed by atoms with van der Waals surface area (Å²) in [4.78, 5) is 0.435. The Morgan fingerprint density at radius 2 is 2.10 bits per heavy atom. The van der Waals surface area contributed by atoms with Crippen molar-refractivity contribution < 1.29 is 9.47 Å². The van der Waals surface area contributed by atoms with Gasteiger partial charge < -0.3 is 9.47 Å². The van der Waals surface area contributed by atoms with Crippen LogP contribution in [0.3, 0.4) is 0 Å². The van der Waals surface area contributed by atoms with Crippen LogP contribution in [0.15, 0.2) is 24.3 Å². The molecule has 112 valence electrons. The minimum atomic E-state index is 0.435. The Morgan fingerprint density at radius 3 is 2.75 bits per heavy atom. The van der Waals surface area contributed by atoms with Crippen LogP contribution in [0.25, 0.3) is 0 Å². The monoisotopic (exact) mass is 340 g/mol. The van der Waals surface area contributed by atoms with Crippen LogP contribution in [0.2, 0.25) is 0 Å². The summed E-state index contributed by atoms with van der Waals surface area (Å²) in [6, 6.07) is 8.87. The van der Waals surface area contributed by atoms with Crippen LogP contribution in [0.4, 0.5) is 0 Å². The van der Waals surface area contributed by atoms with Crippen LogP contribution in [-0.2, 0) is 15.9 Å². The third kappa shape index (κ3) is 5.19. The van der Waals surface area contributed by atoms with E-state index in [-0.39, 0.29) is 0 Å². The number of ether oxygens (including phenoxy) is 2. The molecule has 0 amide bonds. The van der Waals surface area contributed by atoms with Crippen molar-refractivity contribution in [2.24, 2.45) is 0 Å². The maximum atomic E-state index is 5.79. The van der Waals surface area contributed by atoms with Gasteiger partial charge in [-0.05, 0) is 49.7 Å². The van der Waals surface area contributed by atoms with Crippen LogP contribution < -0.4 is 0 Å². The fraction of sp³-hybridized carbons (Fsp3) is 0.647. The van der Waals surface area contributed by atoms with Gasteiger partial charge in [-0.3, -0.25) is 0 Å². The Bertz CT molecular complexity index is 371. The van der Waals surface area contributed by atoms with Gasteiger partial charge in [-0.15, -0.1) is 0 Å². The molecular weight excluding hydrogens is 316 g/mol. The lowest BCUT2D eigenvalue weighted by Gasteiger charge is -2.23. The predicted molar refractivity (Wildman–Crippen MR) is 86.5 cm³/mol. The van der Waals surface area contributed by atoms with E-state index in [1.165, 1.54) is 30.4 Å². The number of rotatable bonds is 7. The number of benzene rings is 1. The Hall–Kier alpha value is -0.380. The number of hydrogen-bond donors (Lipinski definition) is 0. The molecule has 0 N–H and O–H groups in total. The molecule has 0 aliphatic carbocycles. The largest absolute Gasteiger partial charge is 0.384 e. The number of halogens is 1. The SMILES string of the molecule is COCCc1ccc(C(Br)CCC2CCCCO2)cc1. The first-order valence-corrected chi connectivity index (χ1v) is 8.54. The second-order valence-corrected chi connectivity index (χ2v) is 6.62. The maximum Gasteiger partial charge on any atom is 0.0575 e. The van der Waals surface area contributed by atoms with E-state index >= 15 is 0 Å². The fourth-order valence-corrected chi connectivity index (χ4v) is 3.22. The van der Waals surface area contributed by atoms with Crippen molar-refractivity contribution in [3.63, 3.8) is 0 Å². The normalized spacial score (nSPS) is 20.8. The van der Waals surface area contributed by atoms with E-state index in [1.807, 2.05) is 0 Å². The van der Waals surface area contributed by atoms with Crippen LogP contribution in [0, 0.1) is 0 Å². The van der Waals surface area contributed by atoms with E-state index in [0.717, 1.165) is 32.5 Å². The quantitative estimate of drug-likeness (QED) is 0.672. The van der Waals surface area contributed by atoms with Crippen LogP contribution >= 0.6 is 15.9 Å². The van der Waals surface area contributed by atoms with Gasteiger partial charge in [0.1, 0.15) is 0 Å². The Kier molecular flexibility index (Phi) is 7.05. The van der Waals surface area contributed by atoms with E-state index in [9.17, 15) is 0 Å². The molecule has 1 aromatic carbocycles. The van der Waals surface area contributed by atoms with Crippen molar-refractivity contribution in [2.45, 2.75) is 49.5 Å². The molecule has 1 aliphatic rings. The maximum absolute atomic E-state index is 5.79. The molecule has 0 aromatic heterocycles. The smallest absolute Gasteiger partial charge is 0.0575 e. The first kappa shape index (κ1) is 16.0. The highest BCUT2D eigenvalue weighted by molar-refractivity contribution is 9.09. The highest BCUT2D eigenvalue weighted by Gasteiger charge is 2.16. The van der Waals surface area contributed by atoms with Crippen molar-refractivity contribution in [2.75, 3.05) is 20.3 Å². The molecule has 1 aliphatic heterocycles. The first-order chi connectivity index (χ1) is 9.79. The molecule has 1 heterocycles. The summed E-state index contributed by atoms with van der Waals surface area (Å²) in [7, 11) is 1.75. The lowest BCUT2D eigenvalue weighted by atomic mass is 10.00. The zero-order valence-electron chi connectivity index (χ0n) is 12.3. The van der Waals surface area contributed by atoms with E-state index in [2.05, 4.69) is 40.2 Å². The first-order valence-electron chi connectivity index (χ1n) is 7.63. The van der Waals surface area contributed by atoms with Gasteiger partial charge in [0.15, 0.2) is 0 Å². The van der Waals surface area contributed by atoms with E-state index < -0.39 is 0 Å². The minimum absolute atomic E-state index is 0.435. The minimum Gasteiger partial charge on any atom is -0.384 e. The highest BCUT2D eigenvalue weighted by atomic mass is 79.9. The van der Waals surface area contributed by atoms with Gasteiger partial charge >= 0.3 is 0 Å². The number of methoxy groups -OCH3 is 1. The van der Waals surface area contributed by atoms with Gasteiger partial charge in [0.05, 0.1) is 12.7 Å². The van der Waals surface area contributed by atoms with Crippen LogP contribution in [0.1, 0.15) is 48.1 Å². The molecule has 0 spiro atoms. The third-order valence-electron chi connectivity index (χ3n) is 3.95. The molecule has 2 nitrogen and oxygen atoms in total. The van der Waals surface area contributed by atoms with Gasteiger partial charge in [0.25, 0.3) is 0 Å². The Balaban J connectivity index is 1.77. The third-order valence-corrected chi connectivity index (χ3v) is 4.94. The zero-order chi connectivity index (χ0) is 14.2. The second-order valence-electron chi connectivity index (χ2n) is 5.52. The van der Waals surface area contributed by atoms with Crippen molar-refractivity contribution >= 4 is 15.9 Å². The summed E-state index contributed by atoms with van der Waals surface area (Å²) >= 11 is 3.81. The average molecular weight is 341 g/mol. The summed E-state index contributed by atoms with van der Waals surface area (Å²) < 4.78 is 10.9. The van der Waals surface area contributed by atoms with Crippen LogP contribution in [-0.4, -0.2) is 26.4 Å². The molecule has 2 rings (SSSR count). The second kappa shape index (κ2) is 8.81. The summed E-state index contributed by atoms with van der Waals surface area (Å²) in [5.74, 6) is 0. The predicted octanol–water partition coefficient (Wildman–Crippen LogP) is 4.66. The Morgan fingerprint density at radius 1 is 1.30 bits per heavy atom. The highest BCUT2D eigenvalue weighted by Crippen LogP contribution is 2.30. The lowest BCUT2D eigenvalue weighted by molar-refractivity contribution is 0.0102. The molecular formula is C17H25BrO2. The molecule has 20 heavy (non-hydrogen) atoms. The van der Waals surface area contributed by atoms with Crippen molar-refractivity contribution in [3.8, 4) is 0 Å². The van der Waals surface area contributed by atoms with E-state index in [4.69, 9.17) is 9.47 Å². The summed E-state index contributed by atoms with van der Waals surface area (Å²) in [6.07, 6.45) is 7.55. The zero-order valence-corrected chi connectivity index (χ0v) is 13.9. The topological polar surface area (TPSA) is 18.5 Å². The summed E-state index contributed by atoms with van der Waals surface area (Å²) in [6.45, 7) is 1.74. The van der Waals surface area contributed by atoms with Gasteiger partial charge in [-0.1, -0.05) is 40.2 Å². The summed E-state index contributed by atoms with van der Waals surface area (Å²) in [5.41, 5.74) is 2.70. The molecule has 3 heteroatoms. The number of alkyl halides is 1. The molecule has 1 aromatic rings. The van der Waals surface area contributed by atoms with E-state index in [1.54, 1.807) is 7.11 Å². The molecule has 0 saturated carbocycles. The molecule has 2 atom stereocenters. The van der Waals surface area contributed by atoms with E-state index in [0.29, 0.717) is 10.9 Å².